The van der Waals surface area contributed by atoms with Gasteiger partial charge in [-0.15, -0.1) is 0 Å². The molecule has 0 unspecified atom stereocenters. The van der Waals surface area contributed by atoms with E-state index < -0.39 is 0 Å². The van der Waals surface area contributed by atoms with Crippen LogP contribution in [0.4, 0.5) is 0 Å². The van der Waals surface area contributed by atoms with E-state index in [0.29, 0.717) is 0 Å². The zero-order valence-corrected chi connectivity index (χ0v) is 36.4. The largest absolute Gasteiger partial charge is 0.343 e. The Balaban J connectivity index is 0.00000180. The van der Waals surface area contributed by atoms with E-state index in [1.807, 2.05) is 0 Å². The minimum Gasteiger partial charge on any atom is -0.343 e. The molecule has 0 aromatic heterocycles. The van der Waals surface area contributed by atoms with E-state index in [-0.39, 0.29) is 95.1 Å². The second-order valence-electron chi connectivity index (χ2n) is 9.90. The third-order valence-electron chi connectivity index (χ3n) is 8.18. The monoisotopic (exact) mass is 1310 g/mol. The van der Waals surface area contributed by atoms with E-state index in [1.54, 1.807) is 0 Å². The fraction of sp³-hybridized carbons (Fsp3) is 0.312. The van der Waals surface area contributed by atoms with Crippen LogP contribution in [0.15, 0.2) is 57.5 Å². The summed E-state index contributed by atoms with van der Waals surface area (Å²) in [4.78, 5) is 0. The smallest absolute Gasteiger partial charge is 0.0178 e. The van der Waals surface area contributed by atoms with Crippen molar-refractivity contribution in [3.63, 3.8) is 0 Å². The average Bonchev–Trinajstić information content (AvgIpc) is 3.21. The molecule has 2 aliphatic rings. The predicted octanol–water partition coefficient (Wildman–Crippen LogP) is 10.2. The quantitative estimate of drug-likeness (QED) is 0.197. The first kappa shape index (κ1) is 37.4. The molecule has 202 valence electrons. The van der Waals surface area contributed by atoms with Crippen LogP contribution < -0.4 is 0 Å². The van der Waals surface area contributed by atoms with Crippen LogP contribution in [0.2, 0.25) is 0 Å². The van der Waals surface area contributed by atoms with Gasteiger partial charge in [0.15, 0.2) is 0 Å². The number of halogens is 2. The summed E-state index contributed by atoms with van der Waals surface area (Å²) < 4.78 is 2.28. The molecule has 0 amide bonds. The molecule has 0 heterocycles. The Kier molecular flexibility index (Phi) is 15.0. The van der Waals surface area contributed by atoms with Crippen molar-refractivity contribution in [3.8, 4) is 22.3 Å². The number of rotatable bonds is 8. The van der Waals surface area contributed by atoms with E-state index in [0.717, 1.165) is 60.3 Å². The molecule has 0 nitrogen and oxygen atoms in total. The molecule has 0 saturated carbocycles. The van der Waals surface area contributed by atoms with Crippen LogP contribution in [0.1, 0.15) is 73.6 Å². The van der Waals surface area contributed by atoms with Crippen LogP contribution in [0.5, 0.6) is 0 Å². The maximum Gasteiger partial charge on any atom is 0.0178 e. The molecule has 0 N–H and O–H groups in total. The Bertz CT molecular complexity index is 1150. The molecule has 5 rings (SSSR count). The van der Waals surface area contributed by atoms with E-state index in [9.17, 15) is 0 Å². The average molecular weight is 1310 g/mol. The van der Waals surface area contributed by atoms with Gasteiger partial charge in [-0.3, -0.25) is 0 Å². The summed E-state index contributed by atoms with van der Waals surface area (Å²) in [6.07, 6.45) is 7.75. The fourth-order valence-electron chi connectivity index (χ4n) is 6.96. The first-order valence-corrected chi connectivity index (χ1v) is 14.0. The molecule has 38 heavy (non-hydrogen) atoms. The van der Waals surface area contributed by atoms with Gasteiger partial charge in [-0.05, 0) is 80.9 Å². The van der Waals surface area contributed by atoms with Gasteiger partial charge in [-0.1, -0.05) is 69.7 Å². The summed E-state index contributed by atoms with van der Waals surface area (Å²) in [5.41, 5.74) is 11.3. The van der Waals surface area contributed by atoms with Gasteiger partial charge >= 0.3 is 0 Å². The topological polar surface area (TPSA) is 0 Å². The zero-order chi connectivity index (χ0) is 24.1. The van der Waals surface area contributed by atoms with Crippen LogP contribution in [0.25, 0.3) is 22.3 Å². The predicted molar refractivity (Wildman–Crippen MR) is 153 cm³/mol. The summed E-state index contributed by atoms with van der Waals surface area (Å²) in [7, 11) is 0. The summed E-state index contributed by atoms with van der Waals surface area (Å²) in [6.45, 7) is 17.1. The molecule has 3 aromatic rings. The first-order chi connectivity index (χ1) is 16.5. The van der Waals surface area contributed by atoms with E-state index in [2.05, 4.69) is 108 Å². The second kappa shape index (κ2) is 15.2. The molecular weight excluding hydrogens is 1280 g/mol. The molecule has 0 radical (unpaired) electrons. The Morgan fingerprint density at radius 3 is 1.03 bits per heavy atom. The third-order valence-corrected chi connectivity index (χ3v) is 9.16. The van der Waals surface area contributed by atoms with Crippen molar-refractivity contribution in [1.29, 1.82) is 0 Å². The molecule has 0 bridgehead atoms. The minimum absolute atomic E-state index is 0. The molecule has 0 saturated heterocycles. The second-order valence-corrected chi connectivity index (χ2v) is 11.7. The van der Waals surface area contributed by atoms with Crippen molar-refractivity contribution >= 4 is 31.9 Å². The Labute approximate surface area is 304 Å². The van der Waals surface area contributed by atoms with Crippen molar-refractivity contribution in [2.45, 2.75) is 62.2 Å². The van der Waals surface area contributed by atoms with Crippen molar-refractivity contribution in [2.75, 3.05) is 0 Å². The molecule has 0 spiro atoms. The minimum atomic E-state index is -0.0353. The maximum absolute atomic E-state index is 4.28. The summed E-state index contributed by atoms with van der Waals surface area (Å²) >= 11 is 7.51. The zero-order valence-electron chi connectivity index (χ0n) is 21.5. The van der Waals surface area contributed by atoms with Crippen molar-refractivity contribution in [2.24, 2.45) is 0 Å². The van der Waals surface area contributed by atoms with Gasteiger partial charge in [-0.2, -0.15) is 25.7 Å². The summed E-state index contributed by atoms with van der Waals surface area (Å²) in [5.74, 6) is 0. The maximum atomic E-state index is 4.28. The van der Waals surface area contributed by atoms with Gasteiger partial charge in [0.1, 0.15) is 0 Å². The molecule has 0 atom stereocenters. The molecule has 3 aromatic carbocycles. The first-order valence-electron chi connectivity index (χ1n) is 12.4. The van der Waals surface area contributed by atoms with Crippen molar-refractivity contribution < 1.29 is 84.3 Å². The normalized spacial score (nSPS) is 14.5. The number of hydrogen-bond acceptors (Lipinski definition) is 0. The fourth-order valence-corrected chi connectivity index (χ4v) is 7.68. The molecule has 0 fully saturated rings. The van der Waals surface area contributed by atoms with E-state index in [4.69, 9.17) is 0 Å². The number of fused-ring (bicyclic) bond motifs is 6. The van der Waals surface area contributed by atoms with Crippen LogP contribution in [-0.2, 0) is 95.1 Å². The van der Waals surface area contributed by atoms with Gasteiger partial charge in [0.2, 0.25) is 0 Å². The van der Waals surface area contributed by atoms with Crippen LogP contribution >= 0.6 is 31.9 Å². The van der Waals surface area contributed by atoms with Gasteiger partial charge in [0, 0.05) is 104 Å². The Morgan fingerprint density at radius 2 is 0.737 bits per heavy atom. The molecule has 6 heteroatoms. The van der Waals surface area contributed by atoms with Gasteiger partial charge in [0.05, 0.1) is 0 Å². The molecule has 0 aliphatic heterocycles. The molecule has 2 aliphatic carbocycles. The van der Waals surface area contributed by atoms with Crippen LogP contribution in [-0.4, -0.2) is 0 Å². The van der Waals surface area contributed by atoms with E-state index in [1.165, 1.54) is 44.5 Å². The van der Waals surface area contributed by atoms with Gasteiger partial charge in [0.25, 0.3) is 0 Å². The number of benzene rings is 3. The van der Waals surface area contributed by atoms with Gasteiger partial charge < -0.3 is 27.7 Å². The number of hydrogen-bond donors (Lipinski definition) is 0. The standard InChI is InChI=1S/C32H32Br2.4W/c1-5-13-31(14-6-2)27-17-21(33)9-11-23(27)25-20-30-26(19-29(25)31)24-12-10-22(34)18-28(24)32(30,15-7-3)16-8-4;;;;/h9-12,17-20H,1-8,13-16H2;;;;/q-4;;;;. The molecular formula is C32H32Br2W4-4. The SMILES string of the molecule is [CH2-]CCC1(CC[CH2-])c2cc(Br)ccc2-c2cc3c(cc21)-c1ccc(Br)cc1C3(CC[CH2-])CC[CH2-].[W].[W].[W].[W]. The summed E-state index contributed by atoms with van der Waals surface area (Å²) in [6, 6.07) is 18.7. The summed E-state index contributed by atoms with van der Waals surface area (Å²) in [5, 5.41) is 0. The van der Waals surface area contributed by atoms with Gasteiger partial charge in [-0.25, -0.2) is 0 Å². The van der Waals surface area contributed by atoms with Crippen molar-refractivity contribution in [3.05, 3.63) is 107 Å². The Hall–Kier alpha value is 1.37. The Morgan fingerprint density at radius 1 is 0.447 bits per heavy atom. The van der Waals surface area contributed by atoms with Crippen molar-refractivity contribution in [1.82, 2.24) is 0 Å². The van der Waals surface area contributed by atoms with Crippen LogP contribution in [0.3, 0.4) is 0 Å². The third kappa shape index (κ3) is 5.92. The van der Waals surface area contributed by atoms with E-state index >= 15 is 0 Å². The van der Waals surface area contributed by atoms with Crippen LogP contribution in [0, 0.1) is 27.7 Å².